The Morgan fingerprint density at radius 2 is 2.21 bits per heavy atom. The molecule has 0 saturated carbocycles. The SMILES string of the molecule is CC(NC(=O)NCc1ccc(N2CCOCC2)nc1)c1cccs1. The van der Waals surface area contributed by atoms with Gasteiger partial charge in [0.1, 0.15) is 5.82 Å². The maximum absolute atomic E-state index is 12.0. The molecule has 6 nitrogen and oxygen atoms in total. The molecule has 2 N–H and O–H groups in total. The standard InChI is InChI=1S/C17H22N4O2S/c1-13(15-3-2-10-24-15)20-17(22)19-12-14-4-5-16(18-11-14)21-6-8-23-9-7-21/h2-5,10-11,13H,6-9,12H2,1H3,(H2,19,20,22). The first kappa shape index (κ1) is 16.7. The van der Waals surface area contributed by atoms with Gasteiger partial charge in [-0.2, -0.15) is 0 Å². The number of hydrogen-bond donors (Lipinski definition) is 2. The molecule has 1 aliphatic rings. The molecular weight excluding hydrogens is 324 g/mol. The molecule has 1 fully saturated rings. The number of amides is 2. The smallest absolute Gasteiger partial charge is 0.315 e. The minimum Gasteiger partial charge on any atom is -0.378 e. The Balaban J connectivity index is 1.46. The van der Waals surface area contributed by atoms with Gasteiger partial charge in [0.25, 0.3) is 0 Å². The molecule has 3 heterocycles. The van der Waals surface area contributed by atoms with Gasteiger partial charge in [-0.05, 0) is 30.0 Å². The summed E-state index contributed by atoms with van der Waals surface area (Å²) in [7, 11) is 0. The van der Waals surface area contributed by atoms with Crippen molar-refractivity contribution in [3.63, 3.8) is 0 Å². The van der Waals surface area contributed by atoms with Gasteiger partial charge in [0.05, 0.1) is 19.3 Å². The second-order valence-electron chi connectivity index (χ2n) is 5.69. The van der Waals surface area contributed by atoms with Crippen molar-refractivity contribution >= 4 is 23.2 Å². The fourth-order valence-electron chi connectivity index (χ4n) is 2.54. The first-order valence-electron chi connectivity index (χ1n) is 8.08. The summed E-state index contributed by atoms with van der Waals surface area (Å²) < 4.78 is 5.35. The molecule has 1 atom stereocenters. The van der Waals surface area contributed by atoms with Gasteiger partial charge in [-0.15, -0.1) is 11.3 Å². The molecule has 0 spiro atoms. The molecule has 0 radical (unpaired) electrons. The molecule has 0 bridgehead atoms. The number of aromatic nitrogens is 1. The summed E-state index contributed by atoms with van der Waals surface area (Å²) in [5.41, 5.74) is 0.978. The number of morpholine rings is 1. The summed E-state index contributed by atoms with van der Waals surface area (Å²) >= 11 is 1.64. The molecule has 128 valence electrons. The van der Waals surface area contributed by atoms with Crippen molar-refractivity contribution in [2.24, 2.45) is 0 Å². The van der Waals surface area contributed by atoms with E-state index in [-0.39, 0.29) is 12.1 Å². The van der Waals surface area contributed by atoms with E-state index in [4.69, 9.17) is 4.74 Å². The Bertz CT molecular complexity index is 639. The zero-order chi connectivity index (χ0) is 16.8. The third-order valence-electron chi connectivity index (χ3n) is 3.91. The van der Waals surface area contributed by atoms with Crippen LogP contribution >= 0.6 is 11.3 Å². The third kappa shape index (κ3) is 4.46. The minimum absolute atomic E-state index is 0.00632. The highest BCUT2D eigenvalue weighted by molar-refractivity contribution is 7.10. The Hall–Kier alpha value is -2.12. The highest BCUT2D eigenvalue weighted by Gasteiger charge is 2.12. The second-order valence-corrected chi connectivity index (χ2v) is 6.67. The van der Waals surface area contributed by atoms with Gasteiger partial charge in [0.15, 0.2) is 0 Å². The molecule has 2 amide bonds. The van der Waals surface area contributed by atoms with E-state index < -0.39 is 0 Å². The van der Waals surface area contributed by atoms with Gasteiger partial charge in [-0.25, -0.2) is 9.78 Å². The largest absolute Gasteiger partial charge is 0.378 e. The van der Waals surface area contributed by atoms with E-state index in [0.717, 1.165) is 42.6 Å². The molecule has 24 heavy (non-hydrogen) atoms. The summed E-state index contributed by atoms with van der Waals surface area (Å²) in [6, 6.07) is 7.83. The number of nitrogens with zero attached hydrogens (tertiary/aromatic N) is 2. The fourth-order valence-corrected chi connectivity index (χ4v) is 3.27. The summed E-state index contributed by atoms with van der Waals surface area (Å²) in [5.74, 6) is 0.956. The lowest BCUT2D eigenvalue weighted by Gasteiger charge is -2.27. The van der Waals surface area contributed by atoms with Crippen LogP contribution in [0.2, 0.25) is 0 Å². The van der Waals surface area contributed by atoms with E-state index in [1.807, 2.05) is 42.8 Å². The van der Waals surface area contributed by atoms with Gasteiger partial charge in [0, 0.05) is 30.7 Å². The number of carbonyl (C=O) groups excluding carboxylic acids is 1. The lowest BCUT2D eigenvalue weighted by atomic mass is 10.2. The van der Waals surface area contributed by atoms with Crippen LogP contribution in [0.3, 0.4) is 0 Å². The second kappa shape index (κ2) is 8.12. The molecule has 2 aromatic heterocycles. The molecule has 1 saturated heterocycles. The number of nitrogens with one attached hydrogen (secondary N) is 2. The van der Waals surface area contributed by atoms with E-state index in [9.17, 15) is 4.79 Å². The van der Waals surface area contributed by atoms with Crippen molar-refractivity contribution < 1.29 is 9.53 Å². The van der Waals surface area contributed by atoms with Crippen molar-refractivity contribution in [2.45, 2.75) is 19.5 Å². The van der Waals surface area contributed by atoms with Gasteiger partial charge >= 0.3 is 6.03 Å². The zero-order valence-electron chi connectivity index (χ0n) is 13.7. The fraction of sp³-hybridized carbons (Fsp3) is 0.412. The quantitative estimate of drug-likeness (QED) is 0.873. The highest BCUT2D eigenvalue weighted by Crippen LogP contribution is 2.18. The number of pyridine rings is 1. The van der Waals surface area contributed by atoms with Crippen LogP contribution in [0, 0.1) is 0 Å². The van der Waals surface area contributed by atoms with Crippen LogP contribution in [-0.4, -0.2) is 37.3 Å². The van der Waals surface area contributed by atoms with Crippen molar-refractivity contribution in [1.82, 2.24) is 15.6 Å². The third-order valence-corrected chi connectivity index (χ3v) is 4.97. The number of hydrogen-bond acceptors (Lipinski definition) is 5. The number of anilines is 1. The molecule has 0 aromatic carbocycles. The lowest BCUT2D eigenvalue weighted by molar-refractivity contribution is 0.122. The highest BCUT2D eigenvalue weighted by atomic mass is 32.1. The number of urea groups is 1. The van der Waals surface area contributed by atoms with Crippen molar-refractivity contribution in [2.75, 3.05) is 31.2 Å². The van der Waals surface area contributed by atoms with Crippen molar-refractivity contribution in [1.29, 1.82) is 0 Å². The summed E-state index contributed by atoms with van der Waals surface area (Å²) in [6.07, 6.45) is 1.81. The molecule has 0 aliphatic carbocycles. The van der Waals surface area contributed by atoms with E-state index >= 15 is 0 Å². The predicted octanol–water partition coefficient (Wildman–Crippen LogP) is 2.54. The monoisotopic (exact) mass is 346 g/mol. The Morgan fingerprint density at radius 1 is 1.38 bits per heavy atom. The van der Waals surface area contributed by atoms with Crippen LogP contribution in [-0.2, 0) is 11.3 Å². The van der Waals surface area contributed by atoms with E-state index in [1.54, 1.807) is 11.3 Å². The summed E-state index contributed by atoms with van der Waals surface area (Å²) in [5, 5.41) is 7.81. The molecular formula is C17H22N4O2S. The van der Waals surface area contributed by atoms with Crippen LogP contribution < -0.4 is 15.5 Å². The summed E-state index contributed by atoms with van der Waals surface area (Å²) in [6.45, 7) is 5.66. The Morgan fingerprint density at radius 3 is 2.88 bits per heavy atom. The number of thiophene rings is 1. The maximum Gasteiger partial charge on any atom is 0.315 e. The lowest BCUT2D eigenvalue weighted by Crippen LogP contribution is -2.37. The molecule has 3 rings (SSSR count). The molecule has 2 aromatic rings. The van der Waals surface area contributed by atoms with Gasteiger partial charge in [-0.1, -0.05) is 12.1 Å². The topological polar surface area (TPSA) is 66.5 Å². The number of carbonyl (C=O) groups is 1. The van der Waals surface area contributed by atoms with Gasteiger partial charge < -0.3 is 20.3 Å². The first-order valence-corrected chi connectivity index (χ1v) is 8.96. The summed E-state index contributed by atoms with van der Waals surface area (Å²) in [4.78, 5) is 19.8. The normalized spacial score (nSPS) is 15.8. The van der Waals surface area contributed by atoms with Crippen LogP contribution in [0.5, 0.6) is 0 Å². The van der Waals surface area contributed by atoms with Crippen LogP contribution in [0.4, 0.5) is 10.6 Å². The molecule has 7 heteroatoms. The predicted molar refractivity (Wildman–Crippen MR) is 95.4 cm³/mol. The first-order chi connectivity index (χ1) is 11.7. The van der Waals surface area contributed by atoms with E-state index in [0.29, 0.717) is 6.54 Å². The van der Waals surface area contributed by atoms with Gasteiger partial charge in [-0.3, -0.25) is 0 Å². The average Bonchev–Trinajstić information content (AvgIpc) is 3.16. The maximum atomic E-state index is 12.0. The van der Waals surface area contributed by atoms with E-state index in [2.05, 4.69) is 20.5 Å². The van der Waals surface area contributed by atoms with Gasteiger partial charge in [0.2, 0.25) is 0 Å². The van der Waals surface area contributed by atoms with Crippen LogP contribution in [0.25, 0.3) is 0 Å². The van der Waals surface area contributed by atoms with Crippen molar-refractivity contribution in [3.8, 4) is 0 Å². The minimum atomic E-state index is -0.173. The van der Waals surface area contributed by atoms with E-state index in [1.165, 1.54) is 0 Å². The Kier molecular flexibility index (Phi) is 5.66. The average molecular weight is 346 g/mol. The van der Waals surface area contributed by atoms with Crippen molar-refractivity contribution in [3.05, 3.63) is 46.3 Å². The Labute approximate surface area is 145 Å². The van der Waals surface area contributed by atoms with Crippen LogP contribution in [0.15, 0.2) is 35.8 Å². The molecule has 1 aliphatic heterocycles. The van der Waals surface area contributed by atoms with Crippen LogP contribution in [0.1, 0.15) is 23.4 Å². The molecule has 1 unspecified atom stereocenters. The number of ether oxygens (including phenoxy) is 1. The zero-order valence-corrected chi connectivity index (χ0v) is 14.5. The number of rotatable bonds is 5.